The van der Waals surface area contributed by atoms with Crippen molar-refractivity contribution in [1.29, 1.82) is 0 Å². The van der Waals surface area contributed by atoms with E-state index >= 15 is 0 Å². The molecule has 0 unspecified atom stereocenters. The van der Waals surface area contributed by atoms with Gasteiger partial charge in [0.1, 0.15) is 0 Å². The molecule has 1 aromatic heterocycles. The van der Waals surface area contributed by atoms with Crippen LogP contribution in [0.25, 0.3) is 10.9 Å². The molecule has 1 N–H and O–H groups in total. The molecule has 0 aliphatic carbocycles. The van der Waals surface area contributed by atoms with Crippen LogP contribution < -0.4 is 9.47 Å². The van der Waals surface area contributed by atoms with Crippen molar-refractivity contribution < 1.29 is 14.3 Å². The van der Waals surface area contributed by atoms with Crippen molar-refractivity contribution in [2.75, 3.05) is 13.3 Å². The maximum Gasteiger partial charge on any atom is 0.254 e. The molecule has 3 heterocycles. The Morgan fingerprint density at radius 2 is 2.00 bits per heavy atom. The van der Waals surface area contributed by atoms with Gasteiger partial charge < -0.3 is 19.4 Å². The van der Waals surface area contributed by atoms with Crippen LogP contribution in [-0.2, 0) is 13.0 Å². The van der Waals surface area contributed by atoms with E-state index in [2.05, 4.69) is 30.1 Å². The number of benzene rings is 2. The molecule has 126 valence electrons. The standard InChI is InChI=1S/C20H18N2O3/c1-12-2-4-14-15-10-22(7-6-16(15)21-17(14)8-12)20(23)13-3-5-18-19(9-13)25-11-24-18/h2-5,8-9,21H,6-7,10-11H2,1H3. The minimum Gasteiger partial charge on any atom is -0.454 e. The number of hydrogen-bond donors (Lipinski definition) is 1. The Balaban J connectivity index is 1.47. The van der Waals surface area contributed by atoms with E-state index in [1.54, 1.807) is 12.1 Å². The van der Waals surface area contributed by atoms with Gasteiger partial charge in [0.05, 0.1) is 0 Å². The van der Waals surface area contributed by atoms with Gasteiger partial charge in [-0.3, -0.25) is 4.79 Å². The fourth-order valence-electron chi connectivity index (χ4n) is 3.72. The second-order valence-electron chi connectivity index (χ2n) is 6.68. The summed E-state index contributed by atoms with van der Waals surface area (Å²) < 4.78 is 10.7. The van der Waals surface area contributed by atoms with Gasteiger partial charge in [-0.15, -0.1) is 0 Å². The van der Waals surface area contributed by atoms with Gasteiger partial charge in [-0.1, -0.05) is 12.1 Å². The molecule has 5 nitrogen and oxygen atoms in total. The van der Waals surface area contributed by atoms with Crippen LogP contribution in [-0.4, -0.2) is 29.1 Å². The first-order valence-corrected chi connectivity index (χ1v) is 8.48. The minimum absolute atomic E-state index is 0.0328. The molecule has 2 aliphatic heterocycles. The molecule has 0 spiro atoms. The number of hydrogen-bond acceptors (Lipinski definition) is 3. The van der Waals surface area contributed by atoms with E-state index in [1.165, 1.54) is 22.2 Å². The average Bonchev–Trinajstić information content (AvgIpc) is 3.23. The number of ether oxygens (including phenoxy) is 2. The maximum atomic E-state index is 12.9. The van der Waals surface area contributed by atoms with Crippen LogP contribution in [0.3, 0.4) is 0 Å². The van der Waals surface area contributed by atoms with Crippen LogP contribution in [0.4, 0.5) is 0 Å². The zero-order chi connectivity index (χ0) is 17.0. The Morgan fingerprint density at radius 1 is 1.12 bits per heavy atom. The lowest BCUT2D eigenvalue weighted by molar-refractivity contribution is 0.0734. The van der Waals surface area contributed by atoms with E-state index in [0.717, 1.165) is 11.9 Å². The molecule has 25 heavy (non-hydrogen) atoms. The molecule has 0 radical (unpaired) electrons. The number of aryl methyl sites for hydroxylation is 1. The molecule has 1 amide bonds. The van der Waals surface area contributed by atoms with Crippen LogP contribution in [0.5, 0.6) is 11.5 Å². The van der Waals surface area contributed by atoms with E-state index < -0.39 is 0 Å². The van der Waals surface area contributed by atoms with Gasteiger partial charge in [-0.2, -0.15) is 0 Å². The van der Waals surface area contributed by atoms with Gasteiger partial charge in [0.2, 0.25) is 6.79 Å². The number of nitrogens with zero attached hydrogens (tertiary/aromatic N) is 1. The van der Waals surface area contributed by atoms with Crippen molar-refractivity contribution in [2.24, 2.45) is 0 Å². The molecule has 0 saturated heterocycles. The van der Waals surface area contributed by atoms with Crippen LogP contribution in [0.2, 0.25) is 0 Å². The third-order valence-corrected chi connectivity index (χ3v) is 5.04. The lowest BCUT2D eigenvalue weighted by atomic mass is 10.0. The molecule has 2 aliphatic rings. The van der Waals surface area contributed by atoms with Gasteiger partial charge >= 0.3 is 0 Å². The van der Waals surface area contributed by atoms with Crippen LogP contribution in [0, 0.1) is 6.92 Å². The molecule has 2 aromatic carbocycles. The Kier molecular flexibility index (Phi) is 3.04. The third kappa shape index (κ3) is 2.27. The second kappa shape index (κ2) is 5.28. The molecule has 0 saturated carbocycles. The van der Waals surface area contributed by atoms with E-state index in [-0.39, 0.29) is 12.7 Å². The first kappa shape index (κ1) is 14.4. The van der Waals surface area contributed by atoms with Gasteiger partial charge in [-0.05, 0) is 36.8 Å². The molecule has 0 atom stereocenters. The van der Waals surface area contributed by atoms with E-state index in [9.17, 15) is 4.79 Å². The SMILES string of the molecule is Cc1ccc2c3c([nH]c2c1)CCN(C(=O)c1ccc2c(c1)OCO2)C3. The average molecular weight is 334 g/mol. The van der Waals surface area contributed by atoms with Crippen LogP contribution in [0.1, 0.15) is 27.2 Å². The minimum atomic E-state index is 0.0328. The quantitative estimate of drug-likeness (QED) is 0.742. The number of fused-ring (bicyclic) bond motifs is 4. The number of rotatable bonds is 1. The van der Waals surface area contributed by atoms with Gasteiger partial charge in [0.15, 0.2) is 11.5 Å². The zero-order valence-corrected chi connectivity index (χ0v) is 14.0. The monoisotopic (exact) mass is 334 g/mol. The van der Waals surface area contributed by atoms with Crippen LogP contribution in [0.15, 0.2) is 36.4 Å². The summed E-state index contributed by atoms with van der Waals surface area (Å²) in [5.74, 6) is 1.38. The Hall–Kier alpha value is -2.95. The normalized spacial score (nSPS) is 15.5. The Bertz CT molecular complexity index is 1010. The molecule has 3 aromatic rings. The smallest absolute Gasteiger partial charge is 0.254 e. The predicted molar refractivity (Wildman–Crippen MR) is 94.0 cm³/mol. The molecule has 5 rings (SSSR count). The van der Waals surface area contributed by atoms with Crippen molar-refractivity contribution in [1.82, 2.24) is 9.88 Å². The lowest BCUT2D eigenvalue weighted by Crippen LogP contribution is -2.35. The fourth-order valence-corrected chi connectivity index (χ4v) is 3.72. The summed E-state index contributed by atoms with van der Waals surface area (Å²) in [6, 6.07) is 11.8. The van der Waals surface area contributed by atoms with Crippen molar-refractivity contribution in [3.05, 3.63) is 58.8 Å². The Labute approximate surface area is 145 Å². The number of amides is 1. The number of aromatic amines is 1. The lowest BCUT2D eigenvalue weighted by Gasteiger charge is -2.27. The number of nitrogens with one attached hydrogen (secondary N) is 1. The summed E-state index contributed by atoms with van der Waals surface area (Å²) in [7, 11) is 0. The highest BCUT2D eigenvalue weighted by molar-refractivity contribution is 5.96. The summed E-state index contributed by atoms with van der Waals surface area (Å²) in [6.07, 6.45) is 0.847. The number of aromatic nitrogens is 1. The summed E-state index contributed by atoms with van der Waals surface area (Å²) in [4.78, 5) is 18.4. The number of H-pyrrole nitrogens is 1. The molecular weight excluding hydrogens is 316 g/mol. The number of carbonyl (C=O) groups excluding carboxylic acids is 1. The summed E-state index contributed by atoms with van der Waals surface area (Å²) in [6.45, 7) is 3.65. The predicted octanol–water partition coefficient (Wildman–Crippen LogP) is 3.40. The maximum absolute atomic E-state index is 12.9. The van der Waals surface area contributed by atoms with Crippen molar-refractivity contribution in [2.45, 2.75) is 19.9 Å². The summed E-state index contributed by atoms with van der Waals surface area (Å²) in [5.41, 5.74) is 5.51. The molecule has 0 bridgehead atoms. The molecule has 5 heteroatoms. The van der Waals surface area contributed by atoms with Gasteiger partial charge in [0.25, 0.3) is 5.91 Å². The van der Waals surface area contributed by atoms with Crippen molar-refractivity contribution >= 4 is 16.8 Å². The molecule has 0 fully saturated rings. The van der Waals surface area contributed by atoms with Gasteiger partial charge in [-0.25, -0.2) is 0 Å². The highest BCUT2D eigenvalue weighted by atomic mass is 16.7. The second-order valence-corrected chi connectivity index (χ2v) is 6.68. The topological polar surface area (TPSA) is 54.6 Å². The Morgan fingerprint density at radius 3 is 2.92 bits per heavy atom. The largest absolute Gasteiger partial charge is 0.454 e. The van der Waals surface area contributed by atoms with Gasteiger partial charge in [0, 0.05) is 47.2 Å². The highest BCUT2D eigenvalue weighted by Gasteiger charge is 2.26. The third-order valence-electron chi connectivity index (χ3n) is 5.04. The fraction of sp³-hybridized carbons (Fsp3) is 0.250. The van der Waals surface area contributed by atoms with Crippen LogP contribution >= 0.6 is 0 Å². The summed E-state index contributed by atoms with van der Waals surface area (Å²) in [5, 5.41) is 1.21. The molecular formula is C20H18N2O3. The summed E-state index contributed by atoms with van der Waals surface area (Å²) >= 11 is 0. The van der Waals surface area contributed by atoms with E-state index in [0.29, 0.717) is 30.2 Å². The van der Waals surface area contributed by atoms with Crippen molar-refractivity contribution in [3.8, 4) is 11.5 Å². The first-order valence-electron chi connectivity index (χ1n) is 8.48. The highest BCUT2D eigenvalue weighted by Crippen LogP contribution is 2.34. The van der Waals surface area contributed by atoms with E-state index in [4.69, 9.17) is 9.47 Å². The zero-order valence-electron chi connectivity index (χ0n) is 14.0. The number of carbonyl (C=O) groups is 1. The first-order chi connectivity index (χ1) is 12.2. The van der Waals surface area contributed by atoms with E-state index in [1.807, 2.05) is 11.0 Å². The van der Waals surface area contributed by atoms with Crippen molar-refractivity contribution in [3.63, 3.8) is 0 Å².